The van der Waals surface area contributed by atoms with Crippen molar-refractivity contribution >= 4 is 11.8 Å². The predicted octanol–water partition coefficient (Wildman–Crippen LogP) is 3.97. The summed E-state index contributed by atoms with van der Waals surface area (Å²) in [4.78, 5) is 24.4. The van der Waals surface area contributed by atoms with E-state index in [-0.39, 0.29) is 34.3 Å². The molecule has 2 fully saturated rings. The van der Waals surface area contributed by atoms with Crippen molar-refractivity contribution in [2.45, 2.75) is 52.9 Å². The Hall–Kier alpha value is -1.58. The van der Waals surface area contributed by atoms with Crippen LogP contribution in [-0.2, 0) is 14.3 Å². The Morgan fingerprint density at radius 3 is 2.58 bits per heavy atom. The molecular weight excluding hydrogens is 304 g/mol. The maximum absolute atomic E-state index is 12.2. The Morgan fingerprint density at radius 2 is 1.96 bits per heavy atom. The molecule has 4 nitrogen and oxygen atoms in total. The first-order valence-corrected chi connectivity index (χ1v) is 8.82. The van der Waals surface area contributed by atoms with Gasteiger partial charge in [0.2, 0.25) is 5.78 Å². The Labute approximate surface area is 144 Å². The zero-order valence-corrected chi connectivity index (χ0v) is 15.1. The third-order valence-electron chi connectivity index (χ3n) is 7.45. The second-order valence-corrected chi connectivity index (χ2v) is 8.75. The van der Waals surface area contributed by atoms with Gasteiger partial charge in [0.25, 0.3) is 0 Å². The summed E-state index contributed by atoms with van der Waals surface area (Å²) < 4.78 is 5.03. The molecule has 0 unspecified atom stereocenters. The minimum atomic E-state index is -0.431. The molecule has 0 spiro atoms. The number of aliphatic hydroxyl groups excluding tert-OH is 1. The van der Waals surface area contributed by atoms with Crippen molar-refractivity contribution < 1.29 is 19.4 Å². The van der Waals surface area contributed by atoms with E-state index in [2.05, 4.69) is 20.4 Å². The standard InChI is InChI=1S/C20H28O4/c1-12-16(22)14(21)10-15-19(12,3)7-6-13-11-18(2,17(23)24-5)8-9-20(13,15)4/h10,13,15,21H,1,6-9,11H2,2-5H3/t13-,15-,18-,19+,20-/m0/s1. The highest BCUT2D eigenvalue weighted by Crippen LogP contribution is 2.65. The van der Waals surface area contributed by atoms with E-state index in [1.165, 1.54) is 7.11 Å². The van der Waals surface area contributed by atoms with E-state index in [1.54, 1.807) is 6.08 Å². The van der Waals surface area contributed by atoms with Crippen molar-refractivity contribution in [1.29, 1.82) is 0 Å². The summed E-state index contributed by atoms with van der Waals surface area (Å²) in [6.45, 7) is 10.4. The summed E-state index contributed by atoms with van der Waals surface area (Å²) in [5.41, 5.74) is -0.237. The van der Waals surface area contributed by atoms with Gasteiger partial charge in [-0.25, -0.2) is 0 Å². The van der Waals surface area contributed by atoms with Gasteiger partial charge in [0.15, 0.2) is 5.76 Å². The molecule has 0 aromatic heterocycles. The third kappa shape index (κ3) is 2.11. The number of carbonyl (C=O) groups is 2. The lowest BCUT2D eigenvalue weighted by Gasteiger charge is -2.60. The van der Waals surface area contributed by atoms with Gasteiger partial charge in [-0.2, -0.15) is 0 Å². The number of aliphatic hydroxyl groups is 1. The van der Waals surface area contributed by atoms with Gasteiger partial charge in [-0.05, 0) is 62.4 Å². The molecule has 132 valence electrons. The zero-order chi connectivity index (χ0) is 17.9. The van der Waals surface area contributed by atoms with Crippen LogP contribution in [0.5, 0.6) is 0 Å². The van der Waals surface area contributed by atoms with Crippen LogP contribution in [0, 0.1) is 28.1 Å². The summed E-state index contributed by atoms with van der Waals surface area (Å²) in [7, 11) is 1.46. The number of rotatable bonds is 1. The van der Waals surface area contributed by atoms with Crippen molar-refractivity contribution in [2.24, 2.45) is 28.1 Å². The number of allylic oxidation sites excluding steroid dienone is 2. The van der Waals surface area contributed by atoms with Gasteiger partial charge in [-0.15, -0.1) is 0 Å². The second-order valence-electron chi connectivity index (χ2n) is 8.75. The van der Waals surface area contributed by atoms with Crippen molar-refractivity contribution in [1.82, 2.24) is 0 Å². The molecule has 0 saturated heterocycles. The first kappa shape index (κ1) is 17.2. The van der Waals surface area contributed by atoms with Crippen molar-refractivity contribution in [3.8, 4) is 0 Å². The molecule has 5 atom stereocenters. The van der Waals surface area contributed by atoms with E-state index in [0.29, 0.717) is 11.5 Å². The molecule has 3 aliphatic carbocycles. The van der Waals surface area contributed by atoms with E-state index in [1.807, 2.05) is 6.92 Å². The number of esters is 1. The summed E-state index contributed by atoms with van der Waals surface area (Å²) in [6.07, 6.45) is 6.06. The zero-order valence-electron chi connectivity index (χ0n) is 15.1. The highest BCUT2D eigenvalue weighted by Gasteiger charge is 2.60. The van der Waals surface area contributed by atoms with Crippen molar-refractivity contribution in [3.63, 3.8) is 0 Å². The van der Waals surface area contributed by atoms with Gasteiger partial charge in [-0.3, -0.25) is 9.59 Å². The van der Waals surface area contributed by atoms with Crippen LogP contribution in [0.4, 0.5) is 0 Å². The molecule has 0 aromatic rings. The van der Waals surface area contributed by atoms with Gasteiger partial charge < -0.3 is 9.84 Å². The molecule has 4 heteroatoms. The Morgan fingerprint density at radius 1 is 1.29 bits per heavy atom. The average Bonchev–Trinajstić information content (AvgIpc) is 2.56. The molecule has 2 saturated carbocycles. The van der Waals surface area contributed by atoms with E-state index in [0.717, 1.165) is 32.1 Å². The molecule has 24 heavy (non-hydrogen) atoms. The molecule has 1 N–H and O–H groups in total. The quantitative estimate of drug-likeness (QED) is 0.583. The lowest BCUT2D eigenvalue weighted by atomic mass is 9.43. The van der Waals surface area contributed by atoms with Gasteiger partial charge in [0.05, 0.1) is 12.5 Å². The van der Waals surface area contributed by atoms with Crippen LogP contribution in [0.3, 0.4) is 0 Å². The minimum absolute atomic E-state index is 0.0435. The lowest BCUT2D eigenvalue weighted by Crippen LogP contribution is -2.55. The molecule has 3 rings (SSSR count). The number of fused-ring (bicyclic) bond motifs is 3. The summed E-state index contributed by atoms with van der Waals surface area (Å²) in [5.74, 6) is -0.147. The first-order chi connectivity index (χ1) is 11.1. The van der Waals surface area contributed by atoms with E-state index < -0.39 is 5.41 Å². The smallest absolute Gasteiger partial charge is 0.311 e. The third-order valence-corrected chi connectivity index (χ3v) is 7.45. The van der Waals surface area contributed by atoms with Crippen molar-refractivity contribution in [2.75, 3.05) is 7.11 Å². The van der Waals surface area contributed by atoms with Crippen molar-refractivity contribution in [3.05, 3.63) is 24.0 Å². The summed E-state index contributed by atoms with van der Waals surface area (Å²) in [6, 6.07) is 0. The number of ketones is 1. The molecule has 0 aromatic carbocycles. The maximum Gasteiger partial charge on any atom is 0.311 e. The average molecular weight is 332 g/mol. The Bertz CT molecular complexity index is 648. The predicted molar refractivity (Wildman–Crippen MR) is 91.3 cm³/mol. The lowest BCUT2D eigenvalue weighted by molar-refractivity contribution is -0.161. The van der Waals surface area contributed by atoms with E-state index in [4.69, 9.17) is 4.74 Å². The Kier molecular flexibility index (Phi) is 3.74. The molecule has 0 heterocycles. The number of ether oxygens (including phenoxy) is 1. The molecule has 0 amide bonds. The van der Waals surface area contributed by atoms with Gasteiger partial charge >= 0.3 is 5.97 Å². The summed E-state index contributed by atoms with van der Waals surface area (Å²) in [5, 5.41) is 10.1. The number of methoxy groups -OCH3 is 1. The number of carbonyl (C=O) groups excluding carboxylic acids is 2. The Balaban J connectivity index is 1.99. The number of hydrogen-bond donors (Lipinski definition) is 1. The first-order valence-electron chi connectivity index (χ1n) is 8.82. The van der Waals surface area contributed by atoms with Crippen LogP contribution in [0.25, 0.3) is 0 Å². The summed E-state index contributed by atoms with van der Waals surface area (Å²) >= 11 is 0. The van der Waals surface area contributed by atoms with E-state index >= 15 is 0 Å². The SMILES string of the molecule is C=C1C(=O)C(O)=C[C@@H]2[C@@]3(C)CC[C@](C)(C(=O)OC)C[C@@H]3CC[C@]12C. The highest BCUT2D eigenvalue weighted by atomic mass is 16.5. The van der Waals surface area contributed by atoms with Crippen LogP contribution in [0.15, 0.2) is 24.0 Å². The highest BCUT2D eigenvalue weighted by molar-refractivity contribution is 6.08. The fraction of sp³-hybridized carbons (Fsp3) is 0.700. The van der Waals surface area contributed by atoms with Crippen LogP contribution >= 0.6 is 0 Å². The van der Waals surface area contributed by atoms with E-state index in [9.17, 15) is 14.7 Å². The largest absolute Gasteiger partial charge is 0.504 e. The maximum atomic E-state index is 12.2. The van der Waals surface area contributed by atoms with Crippen LogP contribution < -0.4 is 0 Å². The second kappa shape index (κ2) is 5.21. The van der Waals surface area contributed by atoms with Gasteiger partial charge in [-0.1, -0.05) is 20.4 Å². The fourth-order valence-electron chi connectivity index (χ4n) is 5.62. The number of Topliss-reactive ketones (excluding diaryl/α,β-unsaturated/α-hetero) is 1. The molecule has 0 radical (unpaired) electrons. The van der Waals surface area contributed by atoms with Crippen LogP contribution in [0.1, 0.15) is 52.9 Å². The van der Waals surface area contributed by atoms with Gasteiger partial charge in [0.1, 0.15) is 0 Å². The molecule has 0 aliphatic heterocycles. The monoisotopic (exact) mass is 332 g/mol. The molecule has 0 bridgehead atoms. The molecular formula is C20H28O4. The van der Waals surface area contributed by atoms with Crippen LogP contribution in [0.2, 0.25) is 0 Å². The fourth-order valence-corrected chi connectivity index (χ4v) is 5.62. The topological polar surface area (TPSA) is 63.6 Å². The van der Waals surface area contributed by atoms with Crippen LogP contribution in [-0.4, -0.2) is 24.0 Å². The minimum Gasteiger partial charge on any atom is -0.504 e. The van der Waals surface area contributed by atoms with Gasteiger partial charge in [0, 0.05) is 11.0 Å². The normalized spacial score (nSPS) is 45.1. The number of hydrogen-bond acceptors (Lipinski definition) is 4. The molecule has 3 aliphatic rings.